The van der Waals surface area contributed by atoms with Crippen molar-refractivity contribution >= 4 is 23.4 Å². The first-order chi connectivity index (χ1) is 9.86. The van der Waals surface area contributed by atoms with Gasteiger partial charge in [-0.05, 0) is 45.1 Å². The Hall–Kier alpha value is -1.03. The van der Waals surface area contributed by atoms with E-state index in [0.717, 1.165) is 31.3 Å². The molecule has 1 unspecified atom stereocenters. The number of rotatable bonds is 3. The Morgan fingerprint density at radius 3 is 2.52 bits per heavy atom. The number of hydrogen-bond acceptors (Lipinski definition) is 2. The zero-order valence-corrected chi connectivity index (χ0v) is 13.9. The first-order valence-corrected chi connectivity index (χ1v) is 8.19. The smallest absolute Gasteiger partial charge is 0.248 e. The molecule has 1 saturated heterocycles. The maximum absolute atomic E-state index is 12.7. The molecule has 21 heavy (non-hydrogen) atoms. The number of nitrogens with zero attached hydrogens (tertiary/aromatic N) is 1. The van der Waals surface area contributed by atoms with Crippen LogP contribution in [0.3, 0.4) is 0 Å². The summed E-state index contributed by atoms with van der Waals surface area (Å²) in [6.45, 7) is 5.84. The van der Waals surface area contributed by atoms with Gasteiger partial charge in [0, 0.05) is 12.1 Å². The normalized spacial score (nSPS) is 27.7. The predicted molar refractivity (Wildman–Crippen MR) is 83.9 cm³/mol. The van der Waals surface area contributed by atoms with Crippen LogP contribution in [0.15, 0.2) is 11.1 Å². The maximum Gasteiger partial charge on any atom is 0.248 e. The van der Waals surface area contributed by atoms with Gasteiger partial charge in [-0.25, -0.2) is 0 Å². The number of hydrogen-bond donors (Lipinski definition) is 1. The summed E-state index contributed by atoms with van der Waals surface area (Å²) < 4.78 is 0. The van der Waals surface area contributed by atoms with Crippen molar-refractivity contribution in [3.05, 3.63) is 11.1 Å². The van der Waals surface area contributed by atoms with Crippen molar-refractivity contribution in [2.45, 2.75) is 64.5 Å². The summed E-state index contributed by atoms with van der Waals surface area (Å²) in [5.41, 5.74) is 1.55. The highest BCUT2D eigenvalue weighted by molar-refractivity contribution is 6.25. The van der Waals surface area contributed by atoms with Gasteiger partial charge in [-0.1, -0.05) is 30.9 Å². The first kappa shape index (κ1) is 16.3. The monoisotopic (exact) mass is 312 g/mol. The number of halogens is 1. The van der Waals surface area contributed by atoms with Crippen LogP contribution in [-0.4, -0.2) is 34.8 Å². The Kier molecular flexibility index (Phi) is 4.97. The highest BCUT2D eigenvalue weighted by Crippen LogP contribution is 2.33. The van der Waals surface area contributed by atoms with Gasteiger partial charge in [0.1, 0.15) is 11.6 Å². The lowest BCUT2D eigenvalue weighted by molar-refractivity contribution is -0.155. The molecule has 2 aliphatic rings. The number of piperazine rings is 1. The van der Waals surface area contributed by atoms with Gasteiger partial charge in [-0.3, -0.25) is 9.59 Å². The lowest BCUT2D eigenvalue weighted by atomic mass is 9.80. The van der Waals surface area contributed by atoms with Gasteiger partial charge in [-0.2, -0.15) is 0 Å². The van der Waals surface area contributed by atoms with Gasteiger partial charge in [0.15, 0.2) is 0 Å². The third-order valence-electron chi connectivity index (χ3n) is 4.54. The molecule has 1 heterocycles. The van der Waals surface area contributed by atoms with Crippen LogP contribution >= 0.6 is 11.6 Å². The summed E-state index contributed by atoms with van der Waals surface area (Å²) in [6, 6.07) is -0.350. The van der Waals surface area contributed by atoms with Crippen molar-refractivity contribution in [1.82, 2.24) is 10.2 Å². The Morgan fingerprint density at radius 2 is 1.95 bits per heavy atom. The number of carbonyl (C=O) groups is 2. The lowest BCUT2D eigenvalue weighted by Gasteiger charge is -2.46. The third kappa shape index (κ3) is 3.42. The second kappa shape index (κ2) is 6.39. The molecule has 1 aliphatic heterocycles. The van der Waals surface area contributed by atoms with E-state index in [1.165, 1.54) is 12.0 Å². The van der Waals surface area contributed by atoms with Crippen LogP contribution in [-0.2, 0) is 9.59 Å². The summed E-state index contributed by atoms with van der Waals surface area (Å²) in [4.78, 5) is 27.1. The lowest BCUT2D eigenvalue weighted by Crippen LogP contribution is -2.69. The number of amides is 2. The summed E-state index contributed by atoms with van der Waals surface area (Å²) in [5, 5.41) is 2.89. The minimum atomic E-state index is -0.838. The molecular weight excluding hydrogens is 288 g/mol. The van der Waals surface area contributed by atoms with Crippen LogP contribution in [0.5, 0.6) is 0 Å². The molecule has 1 N–H and O–H groups in total. The average Bonchev–Trinajstić information content (AvgIpc) is 2.45. The fraction of sp³-hybridized carbons (Fsp3) is 0.750. The van der Waals surface area contributed by atoms with Crippen molar-refractivity contribution in [3.63, 3.8) is 0 Å². The Balaban J connectivity index is 2.28. The summed E-state index contributed by atoms with van der Waals surface area (Å²) in [6.07, 6.45) is 5.55. The molecule has 0 aromatic heterocycles. The molecule has 2 rings (SSSR count). The molecule has 1 saturated carbocycles. The van der Waals surface area contributed by atoms with Gasteiger partial charge >= 0.3 is 0 Å². The van der Waals surface area contributed by atoms with E-state index in [2.05, 4.69) is 5.32 Å². The second-order valence-electron chi connectivity index (χ2n) is 6.85. The predicted octanol–water partition coefficient (Wildman–Crippen LogP) is 2.81. The highest BCUT2D eigenvalue weighted by Gasteiger charge is 2.47. The van der Waals surface area contributed by atoms with Crippen LogP contribution in [0, 0.1) is 5.92 Å². The summed E-state index contributed by atoms with van der Waals surface area (Å²) in [5.74, 6) is 0.228. The molecule has 1 aliphatic carbocycles. The molecule has 0 bridgehead atoms. The van der Waals surface area contributed by atoms with Crippen LogP contribution in [0.2, 0.25) is 0 Å². The molecular formula is C16H25ClN2O2. The van der Waals surface area contributed by atoms with Crippen LogP contribution in [0.4, 0.5) is 0 Å². The molecule has 0 aromatic carbocycles. The van der Waals surface area contributed by atoms with Gasteiger partial charge < -0.3 is 10.2 Å². The van der Waals surface area contributed by atoms with Crippen molar-refractivity contribution < 1.29 is 9.59 Å². The van der Waals surface area contributed by atoms with Gasteiger partial charge in [-0.15, -0.1) is 0 Å². The summed E-state index contributed by atoms with van der Waals surface area (Å²) in [7, 11) is 0. The van der Waals surface area contributed by atoms with Crippen LogP contribution < -0.4 is 5.32 Å². The molecule has 5 heteroatoms. The fourth-order valence-electron chi connectivity index (χ4n) is 3.45. The van der Waals surface area contributed by atoms with Crippen LogP contribution in [0.1, 0.15) is 52.9 Å². The van der Waals surface area contributed by atoms with E-state index in [0.29, 0.717) is 6.54 Å². The van der Waals surface area contributed by atoms with Gasteiger partial charge in [0.2, 0.25) is 11.8 Å². The van der Waals surface area contributed by atoms with E-state index in [1.54, 1.807) is 18.7 Å². The van der Waals surface area contributed by atoms with Gasteiger partial charge in [0.05, 0.1) is 0 Å². The van der Waals surface area contributed by atoms with E-state index in [-0.39, 0.29) is 23.8 Å². The molecule has 2 amide bonds. The van der Waals surface area contributed by atoms with E-state index >= 15 is 0 Å². The standard InChI is InChI=1S/C16H25ClN2O2/c1-11(9-17)10-19-13(12-7-5-4-6-8-12)14(20)18-16(2,3)15(19)21/h9,12-13H,4-8,10H2,1-3H3,(H,18,20). The van der Waals surface area contributed by atoms with Gasteiger partial charge in [0.25, 0.3) is 0 Å². The first-order valence-electron chi connectivity index (χ1n) is 7.76. The fourth-order valence-corrected chi connectivity index (χ4v) is 3.52. The van der Waals surface area contributed by atoms with Crippen molar-refractivity contribution in [2.75, 3.05) is 6.54 Å². The third-order valence-corrected chi connectivity index (χ3v) is 4.91. The molecule has 118 valence electrons. The zero-order chi connectivity index (χ0) is 15.6. The zero-order valence-electron chi connectivity index (χ0n) is 13.1. The molecule has 4 nitrogen and oxygen atoms in total. The Labute approximate surface area is 131 Å². The molecule has 2 fully saturated rings. The average molecular weight is 313 g/mol. The SMILES string of the molecule is CC(=CCl)CN1C(=O)C(C)(C)NC(=O)C1C1CCCCC1. The van der Waals surface area contributed by atoms with E-state index in [9.17, 15) is 9.59 Å². The highest BCUT2D eigenvalue weighted by atomic mass is 35.5. The maximum atomic E-state index is 12.7. The Morgan fingerprint density at radius 1 is 1.33 bits per heavy atom. The number of nitrogens with one attached hydrogen (secondary N) is 1. The summed E-state index contributed by atoms with van der Waals surface area (Å²) >= 11 is 5.76. The van der Waals surface area contributed by atoms with E-state index in [4.69, 9.17) is 11.6 Å². The molecule has 1 atom stereocenters. The Bertz CT molecular complexity index is 453. The van der Waals surface area contributed by atoms with Crippen molar-refractivity contribution in [3.8, 4) is 0 Å². The van der Waals surface area contributed by atoms with E-state index in [1.807, 2.05) is 6.92 Å². The molecule has 0 radical (unpaired) electrons. The van der Waals surface area contributed by atoms with Crippen molar-refractivity contribution in [1.29, 1.82) is 0 Å². The van der Waals surface area contributed by atoms with Crippen molar-refractivity contribution in [2.24, 2.45) is 5.92 Å². The molecule has 0 aromatic rings. The topological polar surface area (TPSA) is 49.4 Å². The minimum absolute atomic E-state index is 0.0180. The number of carbonyl (C=O) groups excluding carboxylic acids is 2. The quantitative estimate of drug-likeness (QED) is 0.871. The molecule has 0 spiro atoms. The largest absolute Gasteiger partial charge is 0.340 e. The second-order valence-corrected chi connectivity index (χ2v) is 7.06. The van der Waals surface area contributed by atoms with Crippen LogP contribution in [0.25, 0.3) is 0 Å². The minimum Gasteiger partial charge on any atom is -0.340 e. The van der Waals surface area contributed by atoms with E-state index < -0.39 is 5.54 Å².